The van der Waals surface area contributed by atoms with Crippen LogP contribution in [0.3, 0.4) is 0 Å². The number of hydrogen-bond acceptors (Lipinski definition) is 3. The van der Waals surface area contributed by atoms with Crippen molar-refractivity contribution < 1.29 is 0 Å². The molecule has 0 atom stereocenters. The Bertz CT molecular complexity index is 577. The van der Waals surface area contributed by atoms with Gasteiger partial charge in [-0.1, -0.05) is 30.3 Å². The number of aliphatic imine (C=N–C) groups is 1. The number of aromatic nitrogens is 1. The van der Waals surface area contributed by atoms with Crippen LogP contribution in [0.15, 0.2) is 40.7 Å². The van der Waals surface area contributed by atoms with Gasteiger partial charge in [0.2, 0.25) is 0 Å². The van der Waals surface area contributed by atoms with Crippen LogP contribution in [-0.4, -0.2) is 55.5 Å². The predicted octanol–water partition coefficient (Wildman–Crippen LogP) is 2.83. The summed E-state index contributed by atoms with van der Waals surface area (Å²) in [6, 6.07) is 10.3. The molecule has 1 aromatic heterocycles. The minimum absolute atomic E-state index is 0.754. The molecule has 21 heavy (non-hydrogen) atoms. The van der Waals surface area contributed by atoms with E-state index in [1.165, 1.54) is 5.56 Å². The molecule has 2 rings (SSSR count). The smallest absolute Gasteiger partial charge is 0.195 e. The van der Waals surface area contributed by atoms with Crippen LogP contribution in [0.25, 0.3) is 10.6 Å². The highest BCUT2D eigenvalue weighted by molar-refractivity contribution is 7.13. The van der Waals surface area contributed by atoms with Gasteiger partial charge in [-0.25, -0.2) is 4.98 Å². The third-order valence-electron chi connectivity index (χ3n) is 2.99. The average molecular weight is 302 g/mol. The minimum atomic E-state index is 0.754. The van der Waals surface area contributed by atoms with Crippen molar-refractivity contribution in [1.82, 2.24) is 14.8 Å². The van der Waals surface area contributed by atoms with E-state index in [-0.39, 0.29) is 0 Å². The fourth-order valence-electron chi connectivity index (χ4n) is 2.09. The molecule has 0 saturated heterocycles. The zero-order chi connectivity index (χ0) is 15.2. The molecule has 0 saturated carbocycles. The first kappa shape index (κ1) is 15.5. The van der Waals surface area contributed by atoms with Crippen molar-refractivity contribution >= 4 is 17.3 Å². The second kappa shape index (κ2) is 7.22. The van der Waals surface area contributed by atoms with Gasteiger partial charge in [0, 0.05) is 52.1 Å². The van der Waals surface area contributed by atoms with E-state index in [9.17, 15) is 0 Å². The molecule has 0 fully saturated rings. The Hall–Kier alpha value is -1.88. The van der Waals surface area contributed by atoms with E-state index in [0.29, 0.717) is 0 Å². The van der Waals surface area contributed by atoms with Gasteiger partial charge < -0.3 is 9.80 Å². The van der Waals surface area contributed by atoms with E-state index in [1.54, 1.807) is 11.3 Å². The van der Waals surface area contributed by atoms with Crippen LogP contribution in [0.4, 0.5) is 0 Å². The molecule has 0 aliphatic heterocycles. The van der Waals surface area contributed by atoms with Crippen molar-refractivity contribution in [1.29, 1.82) is 0 Å². The first-order valence-corrected chi connectivity index (χ1v) is 7.85. The molecule has 0 spiro atoms. The van der Waals surface area contributed by atoms with E-state index in [2.05, 4.69) is 27.5 Å². The van der Waals surface area contributed by atoms with Gasteiger partial charge in [0.25, 0.3) is 0 Å². The fourth-order valence-corrected chi connectivity index (χ4v) is 2.95. The van der Waals surface area contributed by atoms with E-state index in [0.717, 1.165) is 29.6 Å². The molecule has 0 aliphatic carbocycles. The Morgan fingerprint density at radius 1 is 1.10 bits per heavy atom. The maximum Gasteiger partial charge on any atom is 0.195 e. The highest BCUT2D eigenvalue weighted by Gasteiger charge is 2.06. The van der Waals surface area contributed by atoms with E-state index < -0.39 is 0 Å². The molecule has 4 nitrogen and oxygen atoms in total. The zero-order valence-corrected chi connectivity index (χ0v) is 13.9. The van der Waals surface area contributed by atoms with Crippen LogP contribution in [-0.2, 0) is 6.42 Å². The number of rotatable bonds is 4. The highest BCUT2D eigenvalue weighted by atomic mass is 32.1. The molecule has 2 aromatic rings. The Morgan fingerprint density at radius 2 is 1.76 bits per heavy atom. The summed E-state index contributed by atoms with van der Waals surface area (Å²) in [5, 5.41) is 3.21. The number of thiazole rings is 1. The van der Waals surface area contributed by atoms with E-state index in [4.69, 9.17) is 0 Å². The molecule has 0 amide bonds. The lowest BCUT2D eigenvalue weighted by Crippen LogP contribution is -2.35. The van der Waals surface area contributed by atoms with Gasteiger partial charge in [-0.15, -0.1) is 11.3 Å². The maximum atomic E-state index is 4.69. The molecule has 0 unspecified atom stereocenters. The molecule has 0 N–H and O–H groups in total. The number of hydrogen-bond donors (Lipinski definition) is 0. The summed E-state index contributed by atoms with van der Waals surface area (Å²) >= 11 is 1.69. The topological polar surface area (TPSA) is 31.7 Å². The lowest BCUT2D eigenvalue weighted by Gasteiger charge is -2.22. The molecule has 1 aromatic carbocycles. The van der Waals surface area contributed by atoms with Crippen LogP contribution in [0.5, 0.6) is 0 Å². The Balaban J connectivity index is 1.99. The third-order valence-corrected chi connectivity index (χ3v) is 3.93. The molecule has 1 heterocycles. The summed E-state index contributed by atoms with van der Waals surface area (Å²) < 4.78 is 0. The average Bonchev–Trinajstić information content (AvgIpc) is 2.92. The summed E-state index contributed by atoms with van der Waals surface area (Å²) in [6.07, 6.45) is 0.870. The van der Waals surface area contributed by atoms with Crippen molar-refractivity contribution in [2.75, 3.05) is 34.7 Å². The summed E-state index contributed by atoms with van der Waals surface area (Å²) in [6.45, 7) is 0.754. The van der Waals surface area contributed by atoms with Gasteiger partial charge in [0.05, 0.1) is 5.69 Å². The summed E-state index contributed by atoms with van der Waals surface area (Å²) in [4.78, 5) is 13.4. The minimum Gasteiger partial charge on any atom is -0.349 e. The van der Waals surface area contributed by atoms with Crippen LogP contribution in [0.2, 0.25) is 0 Å². The Morgan fingerprint density at radius 3 is 2.38 bits per heavy atom. The number of guanidine groups is 1. The molecule has 112 valence electrons. The van der Waals surface area contributed by atoms with E-state index in [1.807, 2.05) is 56.2 Å². The molecule has 0 radical (unpaired) electrons. The summed E-state index contributed by atoms with van der Waals surface area (Å²) in [5.41, 5.74) is 2.29. The maximum absolute atomic E-state index is 4.69. The second-order valence-corrected chi connectivity index (χ2v) is 6.09. The van der Waals surface area contributed by atoms with Gasteiger partial charge in [0.1, 0.15) is 5.01 Å². The molecule has 5 heteroatoms. The van der Waals surface area contributed by atoms with Gasteiger partial charge in [-0.3, -0.25) is 4.99 Å². The van der Waals surface area contributed by atoms with Crippen molar-refractivity contribution in [3.8, 4) is 10.6 Å². The summed E-state index contributed by atoms with van der Waals surface area (Å²) in [5.74, 6) is 0.980. The second-order valence-electron chi connectivity index (χ2n) is 5.23. The lowest BCUT2D eigenvalue weighted by atomic mass is 10.2. The normalized spacial score (nSPS) is 10.3. The molecular weight excluding hydrogens is 280 g/mol. The van der Waals surface area contributed by atoms with Gasteiger partial charge in [0.15, 0.2) is 5.96 Å². The third kappa shape index (κ3) is 4.29. The van der Waals surface area contributed by atoms with Crippen LogP contribution < -0.4 is 0 Å². The number of benzene rings is 1. The van der Waals surface area contributed by atoms with Crippen molar-refractivity contribution in [3.63, 3.8) is 0 Å². The van der Waals surface area contributed by atoms with Crippen LogP contribution in [0, 0.1) is 0 Å². The molecule has 0 aliphatic rings. The van der Waals surface area contributed by atoms with Crippen molar-refractivity contribution in [3.05, 3.63) is 41.4 Å². The Labute approximate surface area is 130 Å². The van der Waals surface area contributed by atoms with Crippen molar-refractivity contribution in [2.24, 2.45) is 4.99 Å². The van der Waals surface area contributed by atoms with E-state index >= 15 is 0 Å². The van der Waals surface area contributed by atoms with Crippen LogP contribution >= 0.6 is 11.3 Å². The quantitative estimate of drug-likeness (QED) is 0.643. The zero-order valence-electron chi connectivity index (χ0n) is 13.1. The highest BCUT2D eigenvalue weighted by Crippen LogP contribution is 2.23. The SMILES string of the molecule is CN(C)C(=NCCc1csc(-c2ccccc2)n1)N(C)C. The molecule has 0 bridgehead atoms. The van der Waals surface area contributed by atoms with Crippen LogP contribution in [0.1, 0.15) is 5.69 Å². The van der Waals surface area contributed by atoms with Gasteiger partial charge >= 0.3 is 0 Å². The number of nitrogens with zero attached hydrogens (tertiary/aromatic N) is 4. The monoisotopic (exact) mass is 302 g/mol. The largest absolute Gasteiger partial charge is 0.349 e. The first-order chi connectivity index (χ1) is 10.1. The fraction of sp³-hybridized carbons (Fsp3) is 0.375. The summed E-state index contributed by atoms with van der Waals surface area (Å²) in [7, 11) is 8.04. The van der Waals surface area contributed by atoms with Crippen molar-refractivity contribution in [2.45, 2.75) is 6.42 Å². The molecular formula is C16H22N4S. The Kier molecular flexibility index (Phi) is 5.33. The first-order valence-electron chi connectivity index (χ1n) is 6.97. The van der Waals surface area contributed by atoms with Gasteiger partial charge in [-0.2, -0.15) is 0 Å². The standard InChI is InChI=1S/C16H22N4S/c1-19(2)16(20(3)4)17-11-10-14-12-21-15(18-14)13-8-6-5-7-9-13/h5-9,12H,10-11H2,1-4H3. The lowest BCUT2D eigenvalue weighted by molar-refractivity contribution is 0.479. The predicted molar refractivity (Wildman–Crippen MR) is 90.9 cm³/mol. The van der Waals surface area contributed by atoms with Gasteiger partial charge in [-0.05, 0) is 0 Å².